The van der Waals surface area contributed by atoms with Crippen molar-refractivity contribution in [2.24, 2.45) is 23.0 Å². The van der Waals surface area contributed by atoms with E-state index in [0.29, 0.717) is 23.3 Å². The number of hydrogen-bond acceptors (Lipinski definition) is 2. The largest absolute Gasteiger partial charge is 0.390 e. The summed E-state index contributed by atoms with van der Waals surface area (Å²) >= 11 is 0. The number of nitrogens with two attached hydrogens (primary N) is 1. The van der Waals surface area contributed by atoms with Gasteiger partial charge < -0.3 is 10.8 Å². The normalized spacial score (nSPS) is 38.8. The predicted octanol–water partition coefficient (Wildman–Crippen LogP) is 3.47. The molecule has 0 aromatic heterocycles. The van der Waals surface area contributed by atoms with Gasteiger partial charge in [0.05, 0.1) is 5.60 Å². The average Bonchev–Trinajstić information content (AvgIpc) is 2.47. The van der Waals surface area contributed by atoms with Crippen LogP contribution in [0.2, 0.25) is 0 Å². The van der Waals surface area contributed by atoms with E-state index in [1.54, 1.807) is 0 Å². The van der Waals surface area contributed by atoms with Crippen LogP contribution < -0.4 is 5.73 Å². The van der Waals surface area contributed by atoms with E-state index >= 15 is 0 Å². The number of rotatable bonds is 3. The van der Waals surface area contributed by atoms with Crippen LogP contribution in [0.3, 0.4) is 0 Å². The van der Waals surface area contributed by atoms with Crippen LogP contribution in [0.25, 0.3) is 0 Å². The SMILES string of the molecule is CC1CC(C)(C)C(CCC2(O)CCCCC2)C1N. The Morgan fingerprint density at radius 3 is 2.28 bits per heavy atom. The summed E-state index contributed by atoms with van der Waals surface area (Å²) in [6.07, 6.45) is 9.01. The minimum atomic E-state index is -0.375. The third kappa shape index (κ3) is 2.91. The van der Waals surface area contributed by atoms with Crippen LogP contribution in [-0.2, 0) is 0 Å². The van der Waals surface area contributed by atoms with Crippen LogP contribution >= 0.6 is 0 Å². The van der Waals surface area contributed by atoms with Crippen molar-refractivity contribution in [3.8, 4) is 0 Å². The molecule has 2 aliphatic carbocycles. The van der Waals surface area contributed by atoms with Crippen molar-refractivity contribution in [1.29, 1.82) is 0 Å². The molecular weight excluding hydrogens is 222 g/mol. The van der Waals surface area contributed by atoms with Gasteiger partial charge in [-0.05, 0) is 49.4 Å². The first-order valence-electron chi connectivity index (χ1n) is 7.82. The molecule has 0 saturated heterocycles. The van der Waals surface area contributed by atoms with Gasteiger partial charge in [-0.25, -0.2) is 0 Å². The molecule has 18 heavy (non-hydrogen) atoms. The molecule has 0 aromatic rings. The third-order valence-electron chi connectivity index (χ3n) is 5.68. The zero-order chi connectivity index (χ0) is 13.4. The Kier molecular flexibility index (Phi) is 4.08. The molecule has 0 bridgehead atoms. The molecule has 2 aliphatic rings. The molecule has 3 N–H and O–H groups in total. The summed E-state index contributed by atoms with van der Waals surface area (Å²) < 4.78 is 0. The topological polar surface area (TPSA) is 46.2 Å². The van der Waals surface area contributed by atoms with Gasteiger partial charge in [-0.2, -0.15) is 0 Å². The smallest absolute Gasteiger partial charge is 0.0648 e. The highest BCUT2D eigenvalue weighted by atomic mass is 16.3. The van der Waals surface area contributed by atoms with Crippen molar-refractivity contribution in [1.82, 2.24) is 0 Å². The standard InChI is InChI=1S/C16H31NO/c1-12-11-15(2,3)13(14(12)17)7-10-16(18)8-5-4-6-9-16/h12-14,18H,4-11,17H2,1-3H3. The molecule has 0 amide bonds. The fraction of sp³-hybridized carbons (Fsp3) is 1.00. The van der Waals surface area contributed by atoms with E-state index in [1.807, 2.05) is 0 Å². The summed E-state index contributed by atoms with van der Waals surface area (Å²) in [5, 5.41) is 10.6. The van der Waals surface area contributed by atoms with E-state index < -0.39 is 0 Å². The van der Waals surface area contributed by atoms with Gasteiger partial charge in [0.1, 0.15) is 0 Å². The minimum absolute atomic E-state index is 0.326. The summed E-state index contributed by atoms with van der Waals surface area (Å²) in [5.74, 6) is 1.21. The predicted molar refractivity (Wildman–Crippen MR) is 76.3 cm³/mol. The van der Waals surface area contributed by atoms with E-state index in [9.17, 15) is 5.11 Å². The van der Waals surface area contributed by atoms with Gasteiger partial charge in [-0.1, -0.05) is 40.0 Å². The molecule has 0 aliphatic heterocycles. The van der Waals surface area contributed by atoms with Crippen LogP contribution in [-0.4, -0.2) is 16.7 Å². The molecule has 2 fully saturated rings. The Bertz CT molecular complexity index is 281. The Morgan fingerprint density at radius 1 is 1.17 bits per heavy atom. The van der Waals surface area contributed by atoms with E-state index in [-0.39, 0.29) is 5.60 Å². The zero-order valence-corrected chi connectivity index (χ0v) is 12.4. The first kappa shape index (κ1) is 14.3. The van der Waals surface area contributed by atoms with Crippen molar-refractivity contribution in [2.45, 2.75) is 83.8 Å². The maximum Gasteiger partial charge on any atom is 0.0648 e. The molecule has 3 atom stereocenters. The molecule has 2 heteroatoms. The van der Waals surface area contributed by atoms with Crippen molar-refractivity contribution < 1.29 is 5.11 Å². The highest BCUT2D eigenvalue weighted by molar-refractivity contribution is 4.98. The second-order valence-corrected chi connectivity index (χ2v) is 7.68. The van der Waals surface area contributed by atoms with Crippen LogP contribution in [0.5, 0.6) is 0 Å². The first-order chi connectivity index (χ1) is 8.34. The maximum atomic E-state index is 10.6. The highest BCUT2D eigenvalue weighted by Gasteiger charge is 2.45. The lowest BCUT2D eigenvalue weighted by atomic mass is 9.74. The Labute approximate surface area is 112 Å². The van der Waals surface area contributed by atoms with Gasteiger partial charge in [0.2, 0.25) is 0 Å². The fourth-order valence-electron chi connectivity index (χ4n) is 4.50. The molecular formula is C16H31NO. The Morgan fingerprint density at radius 2 is 1.78 bits per heavy atom. The van der Waals surface area contributed by atoms with E-state index in [0.717, 1.165) is 25.7 Å². The number of hydrogen-bond donors (Lipinski definition) is 2. The van der Waals surface area contributed by atoms with Crippen LogP contribution in [0.1, 0.15) is 72.1 Å². The summed E-state index contributed by atoms with van der Waals surface area (Å²) in [4.78, 5) is 0. The quantitative estimate of drug-likeness (QED) is 0.809. The number of aliphatic hydroxyl groups is 1. The van der Waals surface area contributed by atoms with Gasteiger partial charge in [-0.3, -0.25) is 0 Å². The third-order valence-corrected chi connectivity index (χ3v) is 5.68. The van der Waals surface area contributed by atoms with E-state index in [1.165, 1.54) is 25.7 Å². The van der Waals surface area contributed by atoms with E-state index in [2.05, 4.69) is 20.8 Å². The molecule has 2 rings (SSSR count). The fourth-order valence-corrected chi connectivity index (χ4v) is 4.50. The van der Waals surface area contributed by atoms with Gasteiger partial charge in [0, 0.05) is 6.04 Å². The lowest BCUT2D eigenvalue weighted by Gasteiger charge is -2.36. The van der Waals surface area contributed by atoms with Crippen molar-refractivity contribution in [3.05, 3.63) is 0 Å². The second kappa shape index (κ2) is 5.13. The van der Waals surface area contributed by atoms with Crippen LogP contribution in [0.15, 0.2) is 0 Å². The summed E-state index contributed by atoms with van der Waals surface area (Å²) in [7, 11) is 0. The Balaban J connectivity index is 1.92. The summed E-state index contributed by atoms with van der Waals surface area (Å²) in [6, 6.07) is 0.326. The van der Waals surface area contributed by atoms with Gasteiger partial charge >= 0.3 is 0 Å². The van der Waals surface area contributed by atoms with Crippen LogP contribution in [0, 0.1) is 17.3 Å². The Hall–Kier alpha value is -0.0800. The van der Waals surface area contributed by atoms with Crippen molar-refractivity contribution in [3.63, 3.8) is 0 Å². The zero-order valence-electron chi connectivity index (χ0n) is 12.4. The maximum absolute atomic E-state index is 10.6. The summed E-state index contributed by atoms with van der Waals surface area (Å²) in [6.45, 7) is 6.99. The van der Waals surface area contributed by atoms with Gasteiger partial charge in [0.15, 0.2) is 0 Å². The van der Waals surface area contributed by atoms with E-state index in [4.69, 9.17) is 5.73 Å². The molecule has 3 unspecified atom stereocenters. The van der Waals surface area contributed by atoms with Gasteiger partial charge in [0.25, 0.3) is 0 Å². The molecule has 0 heterocycles. The van der Waals surface area contributed by atoms with Gasteiger partial charge in [-0.15, -0.1) is 0 Å². The average molecular weight is 253 g/mol. The van der Waals surface area contributed by atoms with Crippen molar-refractivity contribution in [2.75, 3.05) is 0 Å². The molecule has 2 saturated carbocycles. The minimum Gasteiger partial charge on any atom is -0.390 e. The lowest BCUT2D eigenvalue weighted by molar-refractivity contribution is -0.0129. The summed E-state index contributed by atoms with van der Waals surface area (Å²) in [5.41, 5.74) is 6.35. The molecule has 0 spiro atoms. The van der Waals surface area contributed by atoms with Crippen molar-refractivity contribution >= 4 is 0 Å². The molecule has 0 aromatic carbocycles. The monoisotopic (exact) mass is 253 g/mol. The van der Waals surface area contributed by atoms with Crippen LogP contribution in [0.4, 0.5) is 0 Å². The molecule has 0 radical (unpaired) electrons. The molecule has 106 valence electrons. The highest BCUT2D eigenvalue weighted by Crippen LogP contribution is 2.48. The lowest BCUT2D eigenvalue weighted by Crippen LogP contribution is -2.37. The molecule has 2 nitrogen and oxygen atoms in total. The second-order valence-electron chi connectivity index (χ2n) is 7.68. The first-order valence-corrected chi connectivity index (χ1v) is 7.82.